The van der Waals surface area contributed by atoms with Crippen molar-refractivity contribution in [1.82, 2.24) is 0 Å². The van der Waals surface area contributed by atoms with E-state index >= 15 is 0 Å². The zero-order valence-electron chi connectivity index (χ0n) is 13.1. The van der Waals surface area contributed by atoms with E-state index in [1.54, 1.807) is 0 Å². The van der Waals surface area contributed by atoms with Crippen molar-refractivity contribution in [3.05, 3.63) is 39.2 Å². The maximum Gasteiger partial charge on any atom is 0.356 e. The number of nitriles is 1. The Bertz CT molecular complexity index is 806. The van der Waals surface area contributed by atoms with Crippen LogP contribution in [0.4, 0.5) is 5.69 Å². The number of aryl methyl sites for hydroxylation is 2. The van der Waals surface area contributed by atoms with Crippen molar-refractivity contribution in [3.8, 4) is 6.07 Å². The molecular weight excluding hydrogens is 276 g/mol. The molecule has 0 unspecified atom stereocenters. The summed E-state index contributed by atoms with van der Waals surface area (Å²) in [6.07, 6.45) is 4.60. The minimum Gasteiger partial charge on any atom is -0.421 e. The third kappa shape index (κ3) is 2.48. The molecule has 0 N–H and O–H groups in total. The first-order chi connectivity index (χ1) is 10.6. The molecule has 1 fully saturated rings. The van der Waals surface area contributed by atoms with Gasteiger partial charge >= 0.3 is 5.63 Å². The maximum atomic E-state index is 12.2. The third-order valence-electron chi connectivity index (χ3n) is 4.34. The summed E-state index contributed by atoms with van der Waals surface area (Å²) < 4.78 is 5.43. The lowest BCUT2D eigenvalue weighted by atomic mass is 10.0. The average molecular weight is 296 g/mol. The first kappa shape index (κ1) is 14.6. The van der Waals surface area contributed by atoms with E-state index in [-0.39, 0.29) is 5.56 Å². The standard InChI is InChI=1S/C18H20N2O2/c1-12-9-13(2)17-14(10-12)16(15(11-19)18(21)22-17)20-7-5-3-4-6-8-20/h9-10H,3-8H2,1-2H3. The Morgan fingerprint density at radius 1 is 1.14 bits per heavy atom. The molecule has 1 saturated heterocycles. The second kappa shape index (κ2) is 5.84. The van der Waals surface area contributed by atoms with Gasteiger partial charge in [-0.25, -0.2) is 4.79 Å². The van der Waals surface area contributed by atoms with Gasteiger partial charge in [0.1, 0.15) is 11.7 Å². The van der Waals surface area contributed by atoms with Gasteiger partial charge < -0.3 is 9.32 Å². The summed E-state index contributed by atoms with van der Waals surface area (Å²) in [6, 6.07) is 6.09. The lowest BCUT2D eigenvalue weighted by Crippen LogP contribution is -2.27. The third-order valence-corrected chi connectivity index (χ3v) is 4.34. The van der Waals surface area contributed by atoms with E-state index in [4.69, 9.17) is 4.42 Å². The van der Waals surface area contributed by atoms with Gasteiger partial charge in [0.15, 0.2) is 5.56 Å². The van der Waals surface area contributed by atoms with Gasteiger partial charge in [-0.3, -0.25) is 0 Å². The Morgan fingerprint density at radius 2 is 1.82 bits per heavy atom. The van der Waals surface area contributed by atoms with Crippen LogP contribution < -0.4 is 10.5 Å². The van der Waals surface area contributed by atoms with Crippen LogP contribution in [0.1, 0.15) is 42.4 Å². The topological polar surface area (TPSA) is 57.2 Å². The lowest BCUT2D eigenvalue weighted by Gasteiger charge is -2.25. The van der Waals surface area contributed by atoms with Crippen molar-refractivity contribution in [1.29, 1.82) is 5.26 Å². The van der Waals surface area contributed by atoms with E-state index in [0.717, 1.165) is 48.1 Å². The van der Waals surface area contributed by atoms with Gasteiger partial charge in [0, 0.05) is 18.5 Å². The molecule has 1 aliphatic heterocycles. The maximum absolute atomic E-state index is 12.2. The summed E-state index contributed by atoms with van der Waals surface area (Å²) in [5.74, 6) is 0. The molecule has 4 nitrogen and oxygen atoms in total. The second-order valence-electron chi connectivity index (χ2n) is 6.08. The molecular formula is C18H20N2O2. The molecule has 114 valence electrons. The van der Waals surface area contributed by atoms with Crippen molar-refractivity contribution in [2.75, 3.05) is 18.0 Å². The van der Waals surface area contributed by atoms with E-state index in [0.29, 0.717) is 5.58 Å². The summed E-state index contributed by atoms with van der Waals surface area (Å²) in [6.45, 7) is 5.74. The van der Waals surface area contributed by atoms with Crippen LogP contribution in [0.15, 0.2) is 21.3 Å². The van der Waals surface area contributed by atoms with Crippen LogP contribution in [-0.2, 0) is 0 Å². The predicted octanol–water partition coefficient (Wildman–Crippen LogP) is 3.66. The van der Waals surface area contributed by atoms with Crippen molar-refractivity contribution < 1.29 is 4.42 Å². The van der Waals surface area contributed by atoms with E-state index < -0.39 is 5.63 Å². The Balaban J connectivity index is 2.33. The first-order valence-corrected chi connectivity index (χ1v) is 7.85. The Labute approximate surface area is 130 Å². The summed E-state index contributed by atoms with van der Waals surface area (Å²) >= 11 is 0. The highest BCUT2D eigenvalue weighted by atomic mass is 16.4. The predicted molar refractivity (Wildman–Crippen MR) is 87.4 cm³/mol. The molecule has 1 aromatic carbocycles. The molecule has 2 aromatic rings. The Kier molecular flexibility index (Phi) is 3.89. The molecule has 0 amide bonds. The monoisotopic (exact) mass is 296 g/mol. The van der Waals surface area contributed by atoms with E-state index in [1.165, 1.54) is 12.8 Å². The highest BCUT2D eigenvalue weighted by Crippen LogP contribution is 2.32. The van der Waals surface area contributed by atoms with Crippen LogP contribution in [0.25, 0.3) is 11.0 Å². The molecule has 1 aromatic heterocycles. The van der Waals surface area contributed by atoms with Crippen LogP contribution in [-0.4, -0.2) is 13.1 Å². The summed E-state index contributed by atoms with van der Waals surface area (Å²) in [7, 11) is 0. The highest BCUT2D eigenvalue weighted by molar-refractivity contribution is 5.95. The SMILES string of the molecule is Cc1cc(C)c2oc(=O)c(C#N)c(N3CCCCCC3)c2c1. The largest absolute Gasteiger partial charge is 0.421 e. The molecule has 0 radical (unpaired) electrons. The first-order valence-electron chi connectivity index (χ1n) is 7.85. The number of hydrogen-bond acceptors (Lipinski definition) is 4. The Morgan fingerprint density at radius 3 is 2.45 bits per heavy atom. The lowest BCUT2D eigenvalue weighted by molar-refractivity contribution is 0.555. The number of nitrogens with zero attached hydrogens (tertiary/aromatic N) is 2. The fraction of sp³-hybridized carbons (Fsp3) is 0.444. The number of fused-ring (bicyclic) bond motifs is 1. The molecule has 0 bridgehead atoms. The Hall–Kier alpha value is -2.28. The van der Waals surface area contributed by atoms with Crippen LogP contribution >= 0.6 is 0 Å². The van der Waals surface area contributed by atoms with Crippen LogP contribution in [0.5, 0.6) is 0 Å². The average Bonchev–Trinajstić information content (AvgIpc) is 2.76. The van der Waals surface area contributed by atoms with Gasteiger partial charge in [0.25, 0.3) is 0 Å². The van der Waals surface area contributed by atoms with Gasteiger partial charge in [-0.1, -0.05) is 18.9 Å². The second-order valence-corrected chi connectivity index (χ2v) is 6.08. The van der Waals surface area contributed by atoms with E-state index in [1.807, 2.05) is 26.0 Å². The van der Waals surface area contributed by atoms with Gasteiger partial charge in [-0.2, -0.15) is 5.26 Å². The molecule has 0 saturated carbocycles. The van der Waals surface area contributed by atoms with Crippen molar-refractivity contribution >= 4 is 16.7 Å². The van der Waals surface area contributed by atoms with Gasteiger partial charge in [0.2, 0.25) is 0 Å². The van der Waals surface area contributed by atoms with Gasteiger partial charge in [0.05, 0.1) is 5.69 Å². The fourth-order valence-electron chi connectivity index (χ4n) is 3.36. The number of rotatable bonds is 1. The van der Waals surface area contributed by atoms with Gasteiger partial charge in [-0.05, 0) is 43.9 Å². The summed E-state index contributed by atoms with van der Waals surface area (Å²) in [5.41, 5.74) is 3.03. The van der Waals surface area contributed by atoms with Crippen molar-refractivity contribution in [2.24, 2.45) is 0 Å². The highest BCUT2D eigenvalue weighted by Gasteiger charge is 2.22. The van der Waals surface area contributed by atoms with Crippen LogP contribution in [0.2, 0.25) is 0 Å². The molecule has 1 aliphatic rings. The molecule has 0 spiro atoms. The zero-order valence-corrected chi connectivity index (χ0v) is 13.1. The number of benzene rings is 1. The zero-order chi connectivity index (χ0) is 15.7. The van der Waals surface area contributed by atoms with Crippen molar-refractivity contribution in [2.45, 2.75) is 39.5 Å². The molecule has 0 atom stereocenters. The number of hydrogen-bond donors (Lipinski definition) is 0. The quantitative estimate of drug-likeness (QED) is 0.753. The van der Waals surface area contributed by atoms with Crippen LogP contribution in [0.3, 0.4) is 0 Å². The van der Waals surface area contributed by atoms with Crippen LogP contribution in [0, 0.1) is 25.2 Å². The van der Waals surface area contributed by atoms with Gasteiger partial charge in [-0.15, -0.1) is 0 Å². The minimum atomic E-state index is -0.527. The van der Waals surface area contributed by atoms with E-state index in [9.17, 15) is 10.1 Å². The molecule has 0 aliphatic carbocycles. The minimum absolute atomic E-state index is 0.138. The number of anilines is 1. The van der Waals surface area contributed by atoms with Crippen molar-refractivity contribution in [3.63, 3.8) is 0 Å². The fourth-order valence-corrected chi connectivity index (χ4v) is 3.36. The molecule has 3 rings (SSSR count). The molecule has 2 heterocycles. The normalized spacial score (nSPS) is 15.6. The summed E-state index contributed by atoms with van der Waals surface area (Å²) in [4.78, 5) is 14.4. The molecule has 4 heteroatoms. The summed E-state index contributed by atoms with van der Waals surface area (Å²) in [5, 5.41) is 10.3. The van der Waals surface area contributed by atoms with E-state index in [2.05, 4.69) is 11.0 Å². The smallest absolute Gasteiger partial charge is 0.356 e. The molecule has 22 heavy (non-hydrogen) atoms.